The predicted molar refractivity (Wildman–Crippen MR) is 107 cm³/mol. The Bertz CT molecular complexity index is 1090. The molecule has 2 aromatic carbocycles. The Balaban J connectivity index is 1.83. The van der Waals surface area contributed by atoms with Gasteiger partial charge in [0.15, 0.2) is 5.69 Å². The van der Waals surface area contributed by atoms with Crippen molar-refractivity contribution in [3.63, 3.8) is 0 Å². The average Bonchev–Trinajstić information content (AvgIpc) is 3.04. The summed E-state index contributed by atoms with van der Waals surface area (Å²) >= 11 is 0. The fourth-order valence-corrected chi connectivity index (χ4v) is 2.83. The van der Waals surface area contributed by atoms with Gasteiger partial charge in [0.25, 0.3) is 11.6 Å². The summed E-state index contributed by atoms with van der Waals surface area (Å²) in [6.45, 7) is 7.39. The van der Waals surface area contributed by atoms with E-state index in [1.54, 1.807) is 19.9 Å². The Labute approximate surface area is 167 Å². The van der Waals surface area contributed by atoms with Crippen LogP contribution < -0.4 is 10.1 Å². The molecule has 0 aliphatic carbocycles. The molecule has 0 spiro atoms. The van der Waals surface area contributed by atoms with Crippen molar-refractivity contribution in [3.05, 3.63) is 80.2 Å². The number of ether oxygens (including phenoxy) is 1. The molecule has 0 fully saturated rings. The van der Waals surface area contributed by atoms with E-state index in [2.05, 4.69) is 10.5 Å². The number of nitrogens with one attached hydrogen (secondary N) is 1. The monoisotopic (exact) mass is 395 g/mol. The van der Waals surface area contributed by atoms with Crippen molar-refractivity contribution in [2.24, 2.45) is 0 Å². The third-order valence-corrected chi connectivity index (χ3v) is 4.51. The first kappa shape index (κ1) is 20.1. The number of rotatable bonds is 6. The quantitative estimate of drug-likeness (QED) is 0.481. The van der Waals surface area contributed by atoms with Gasteiger partial charge >= 0.3 is 0 Å². The molecule has 0 aliphatic heterocycles. The Morgan fingerprint density at radius 3 is 2.55 bits per heavy atom. The lowest BCUT2D eigenvalue weighted by Crippen LogP contribution is -2.16. The van der Waals surface area contributed by atoms with Crippen molar-refractivity contribution in [2.45, 2.75) is 34.3 Å². The molecule has 1 heterocycles. The highest BCUT2D eigenvalue weighted by molar-refractivity contribution is 6.05. The van der Waals surface area contributed by atoms with E-state index in [0.717, 1.165) is 16.7 Å². The lowest BCUT2D eigenvalue weighted by atomic mass is 10.1. The van der Waals surface area contributed by atoms with Crippen LogP contribution in [0.2, 0.25) is 0 Å². The molecule has 1 aromatic heterocycles. The van der Waals surface area contributed by atoms with Crippen LogP contribution in [0.5, 0.6) is 5.75 Å². The van der Waals surface area contributed by atoms with Crippen LogP contribution in [0.25, 0.3) is 0 Å². The second-order valence-electron chi connectivity index (χ2n) is 6.86. The van der Waals surface area contributed by atoms with Crippen LogP contribution in [0, 0.1) is 37.8 Å². The van der Waals surface area contributed by atoms with Gasteiger partial charge in [-0.05, 0) is 56.5 Å². The molecule has 0 saturated heterocycles. The maximum Gasteiger partial charge on any atom is 0.293 e. The molecule has 0 bridgehead atoms. The number of amides is 1. The van der Waals surface area contributed by atoms with Gasteiger partial charge in [-0.1, -0.05) is 23.4 Å². The van der Waals surface area contributed by atoms with Gasteiger partial charge in [0, 0.05) is 6.07 Å². The van der Waals surface area contributed by atoms with E-state index in [1.807, 2.05) is 32.0 Å². The van der Waals surface area contributed by atoms with E-state index < -0.39 is 10.8 Å². The lowest BCUT2D eigenvalue weighted by Gasteiger charge is -2.10. The van der Waals surface area contributed by atoms with Gasteiger partial charge in [0.1, 0.15) is 23.8 Å². The van der Waals surface area contributed by atoms with Gasteiger partial charge in [-0.2, -0.15) is 0 Å². The Kier molecular flexibility index (Phi) is 5.63. The van der Waals surface area contributed by atoms with Gasteiger partial charge in [0.05, 0.1) is 10.5 Å². The van der Waals surface area contributed by atoms with Crippen LogP contribution in [-0.2, 0) is 6.61 Å². The molecule has 0 radical (unpaired) electrons. The molecule has 150 valence electrons. The highest BCUT2D eigenvalue weighted by Crippen LogP contribution is 2.27. The SMILES string of the molecule is Cc1ccc(C)c(OCc2c(C(=O)Nc3ccc(C)cc3[N+](=O)[O-])noc2C)c1. The van der Waals surface area contributed by atoms with Gasteiger partial charge in [-0.15, -0.1) is 0 Å². The summed E-state index contributed by atoms with van der Waals surface area (Å²) in [5.41, 5.74) is 3.15. The standard InChI is InChI=1S/C21H21N3O5/c1-12-6-8-17(18(9-12)24(26)27)22-21(25)20-16(15(4)29-23-20)11-28-19-10-13(2)5-7-14(19)3/h5-10H,11H2,1-4H3,(H,22,25). The zero-order chi connectivity index (χ0) is 21.1. The Morgan fingerprint density at radius 2 is 1.83 bits per heavy atom. The van der Waals surface area contributed by atoms with Gasteiger partial charge in [-0.25, -0.2) is 0 Å². The van der Waals surface area contributed by atoms with Crippen molar-refractivity contribution >= 4 is 17.3 Å². The maximum absolute atomic E-state index is 12.7. The largest absolute Gasteiger partial charge is 0.488 e. The van der Waals surface area contributed by atoms with Crippen LogP contribution in [0.15, 0.2) is 40.9 Å². The van der Waals surface area contributed by atoms with Crippen LogP contribution in [0.1, 0.15) is 38.5 Å². The summed E-state index contributed by atoms with van der Waals surface area (Å²) in [7, 11) is 0. The van der Waals surface area contributed by atoms with Crippen molar-refractivity contribution < 1.29 is 19.0 Å². The first-order valence-electron chi connectivity index (χ1n) is 8.98. The van der Waals surface area contributed by atoms with E-state index in [0.29, 0.717) is 17.1 Å². The van der Waals surface area contributed by atoms with E-state index in [1.165, 1.54) is 12.1 Å². The second kappa shape index (κ2) is 8.14. The zero-order valence-electron chi connectivity index (χ0n) is 16.6. The first-order chi connectivity index (χ1) is 13.8. The molecule has 0 atom stereocenters. The van der Waals surface area contributed by atoms with Crippen LogP contribution >= 0.6 is 0 Å². The number of carbonyl (C=O) groups excluding carboxylic acids is 1. The zero-order valence-corrected chi connectivity index (χ0v) is 16.6. The van der Waals surface area contributed by atoms with Crippen LogP contribution in [0.3, 0.4) is 0 Å². The van der Waals surface area contributed by atoms with Gasteiger partial charge in [-0.3, -0.25) is 14.9 Å². The molecule has 8 nitrogen and oxygen atoms in total. The Hall–Kier alpha value is -3.68. The van der Waals surface area contributed by atoms with Crippen molar-refractivity contribution in [3.8, 4) is 5.75 Å². The highest BCUT2D eigenvalue weighted by atomic mass is 16.6. The Morgan fingerprint density at radius 1 is 1.14 bits per heavy atom. The number of carbonyl (C=O) groups is 1. The third kappa shape index (κ3) is 4.43. The number of nitro groups is 1. The molecule has 1 N–H and O–H groups in total. The van der Waals surface area contributed by atoms with E-state index in [9.17, 15) is 14.9 Å². The molecule has 3 rings (SSSR count). The smallest absolute Gasteiger partial charge is 0.293 e. The van der Waals surface area contributed by atoms with Crippen LogP contribution in [-0.4, -0.2) is 16.0 Å². The molecule has 0 unspecified atom stereocenters. The average molecular weight is 395 g/mol. The minimum Gasteiger partial charge on any atom is -0.488 e. The number of aromatic nitrogens is 1. The topological polar surface area (TPSA) is 108 Å². The summed E-state index contributed by atoms with van der Waals surface area (Å²) in [5.74, 6) is 0.540. The minimum atomic E-state index is -0.603. The molecule has 1 amide bonds. The number of hydrogen-bond acceptors (Lipinski definition) is 6. The van der Waals surface area contributed by atoms with E-state index in [4.69, 9.17) is 9.26 Å². The summed E-state index contributed by atoms with van der Waals surface area (Å²) in [6, 6.07) is 10.4. The normalized spacial score (nSPS) is 10.6. The fraction of sp³-hybridized carbons (Fsp3) is 0.238. The number of hydrogen-bond donors (Lipinski definition) is 1. The van der Waals surface area contributed by atoms with Crippen LogP contribution in [0.4, 0.5) is 11.4 Å². The van der Waals surface area contributed by atoms with E-state index in [-0.39, 0.29) is 23.7 Å². The number of aryl methyl sites for hydroxylation is 4. The maximum atomic E-state index is 12.7. The lowest BCUT2D eigenvalue weighted by molar-refractivity contribution is -0.384. The molecular formula is C21H21N3O5. The second-order valence-corrected chi connectivity index (χ2v) is 6.86. The summed E-state index contributed by atoms with van der Waals surface area (Å²) in [4.78, 5) is 23.5. The summed E-state index contributed by atoms with van der Waals surface area (Å²) in [5, 5.41) is 17.7. The summed E-state index contributed by atoms with van der Waals surface area (Å²) < 4.78 is 11.0. The van der Waals surface area contributed by atoms with E-state index >= 15 is 0 Å². The highest BCUT2D eigenvalue weighted by Gasteiger charge is 2.23. The van der Waals surface area contributed by atoms with Gasteiger partial charge in [0.2, 0.25) is 0 Å². The number of anilines is 1. The molecule has 0 aliphatic rings. The van der Waals surface area contributed by atoms with Gasteiger partial charge < -0.3 is 14.6 Å². The number of nitro benzene ring substituents is 1. The minimum absolute atomic E-state index is 0.0303. The fourth-order valence-electron chi connectivity index (χ4n) is 2.83. The van der Waals surface area contributed by atoms with Crippen molar-refractivity contribution in [1.29, 1.82) is 0 Å². The first-order valence-corrected chi connectivity index (χ1v) is 8.98. The van der Waals surface area contributed by atoms with Crippen molar-refractivity contribution in [2.75, 3.05) is 5.32 Å². The molecule has 8 heteroatoms. The summed E-state index contributed by atoms with van der Waals surface area (Å²) in [6.07, 6.45) is 0. The third-order valence-electron chi connectivity index (χ3n) is 4.51. The molecule has 0 saturated carbocycles. The van der Waals surface area contributed by atoms with Crippen molar-refractivity contribution in [1.82, 2.24) is 5.16 Å². The molecule has 29 heavy (non-hydrogen) atoms. The number of nitrogens with zero attached hydrogens (tertiary/aromatic N) is 2. The molecular weight excluding hydrogens is 374 g/mol. The number of benzene rings is 2. The predicted octanol–water partition coefficient (Wildman–Crippen LogP) is 4.65. The molecule has 3 aromatic rings.